The minimum Gasteiger partial charge on any atom is -0.195 e. The van der Waals surface area contributed by atoms with E-state index < -0.39 is 0 Å². The van der Waals surface area contributed by atoms with Crippen molar-refractivity contribution in [1.82, 2.24) is 0 Å². The van der Waals surface area contributed by atoms with Crippen molar-refractivity contribution in [3.05, 3.63) is 0 Å². The summed E-state index contributed by atoms with van der Waals surface area (Å²) in [5, 5.41) is 0. The van der Waals surface area contributed by atoms with Crippen LogP contribution in [0.5, 0.6) is 0 Å². The van der Waals surface area contributed by atoms with Gasteiger partial charge in [0.25, 0.3) is 0 Å². The van der Waals surface area contributed by atoms with Gasteiger partial charge in [-0.3, -0.25) is 0 Å². The molecule has 0 amide bonds. The quantitative estimate of drug-likeness (QED) is 0.292. The summed E-state index contributed by atoms with van der Waals surface area (Å²) >= 11 is 0. The zero-order valence-electron chi connectivity index (χ0n) is 7.19. The Morgan fingerprint density at radius 1 is 0.818 bits per heavy atom. The van der Waals surface area contributed by atoms with E-state index in [1.165, 1.54) is 44.5 Å². The average Bonchev–Trinajstić information content (AvgIpc) is 1.79. The van der Waals surface area contributed by atoms with Crippen LogP contribution < -0.4 is 14.7 Å². The molecule has 0 radical (unpaired) electrons. The van der Waals surface area contributed by atoms with E-state index in [0.29, 0.717) is 0 Å². The predicted octanol–water partition coefficient (Wildman–Crippen LogP) is -5.13. The maximum absolute atomic E-state index is 2.41. The largest absolute Gasteiger partial charge is 0.223 e. The lowest BCUT2D eigenvalue weighted by molar-refractivity contribution is -1.43. The maximum Gasteiger partial charge on any atom is 0.223 e. The van der Waals surface area contributed by atoms with E-state index in [1.807, 2.05) is 14.7 Å². The first kappa shape index (κ1) is 6.37. The van der Waals surface area contributed by atoms with E-state index >= 15 is 0 Å². The molecule has 0 aromatic rings. The highest BCUT2D eigenvalue weighted by atomic mass is 15.7. The fourth-order valence-electron chi connectivity index (χ4n) is 3.37. The third kappa shape index (κ3) is 0.840. The zero-order valence-corrected chi connectivity index (χ0v) is 7.19. The molecule has 4 saturated heterocycles. The molecule has 4 aliphatic rings. The molecular weight excluding hydrogens is 140 g/mol. The van der Waals surface area contributed by atoms with Crippen LogP contribution in [-0.4, -0.2) is 51.5 Å². The molecular formula is C7H18N4+4. The van der Waals surface area contributed by atoms with Crippen molar-refractivity contribution in [3.8, 4) is 0 Å². The van der Waals surface area contributed by atoms with Crippen molar-refractivity contribution >= 4 is 0 Å². The minimum absolute atomic E-state index is 1.32. The highest BCUT2D eigenvalue weighted by Crippen LogP contribution is 1.95. The molecule has 4 heterocycles. The molecule has 3 N–H and O–H groups in total. The van der Waals surface area contributed by atoms with Crippen LogP contribution in [0.1, 0.15) is 0 Å². The van der Waals surface area contributed by atoms with Crippen molar-refractivity contribution in [1.29, 1.82) is 0 Å². The highest BCUT2D eigenvalue weighted by Gasteiger charge is 2.54. The topological polar surface area (TPSA) is 13.3 Å². The first-order valence-electron chi connectivity index (χ1n) is 4.58. The summed E-state index contributed by atoms with van der Waals surface area (Å²) in [5.74, 6) is 0. The molecule has 0 saturated carbocycles. The predicted molar refractivity (Wildman–Crippen MR) is 38.3 cm³/mol. The van der Waals surface area contributed by atoms with Crippen molar-refractivity contribution in [2.24, 2.45) is 0 Å². The molecule has 4 heteroatoms. The Morgan fingerprint density at radius 3 is 1.45 bits per heavy atom. The normalized spacial score (nSPS) is 60.3. The van der Waals surface area contributed by atoms with Gasteiger partial charge >= 0.3 is 0 Å². The van der Waals surface area contributed by atoms with Crippen molar-refractivity contribution in [2.45, 2.75) is 0 Å². The van der Waals surface area contributed by atoms with Crippen molar-refractivity contribution in [2.75, 3.05) is 47.1 Å². The summed E-state index contributed by atoms with van der Waals surface area (Å²) in [6, 6.07) is 0. The number of rotatable bonds is 0. The van der Waals surface area contributed by atoms with E-state index in [1.54, 1.807) is 0 Å². The number of nitrogens with one attached hydrogen (secondary N) is 3. The lowest BCUT2D eigenvalue weighted by Crippen LogP contribution is -3.57. The SMILES string of the molecule is C[N+]12C[NH+]3C[NH+](C[NH+](C3)C1)C2. The Bertz CT molecular complexity index is 156. The van der Waals surface area contributed by atoms with Gasteiger partial charge in [-0.2, -0.15) is 19.2 Å². The van der Waals surface area contributed by atoms with Gasteiger partial charge < -0.3 is 0 Å². The van der Waals surface area contributed by atoms with Gasteiger partial charge in [-0.1, -0.05) is 0 Å². The molecule has 0 atom stereocenters. The Balaban J connectivity index is 1.94. The fraction of sp³-hybridized carbons (Fsp3) is 1.00. The number of hydrogen-bond acceptors (Lipinski definition) is 0. The summed E-state index contributed by atoms with van der Waals surface area (Å²) < 4.78 is 1.32. The third-order valence-corrected chi connectivity index (χ3v) is 3.32. The molecule has 0 aliphatic carbocycles. The second kappa shape index (κ2) is 1.77. The van der Waals surface area contributed by atoms with Crippen molar-refractivity contribution < 1.29 is 19.2 Å². The Kier molecular flexibility index (Phi) is 1.02. The summed E-state index contributed by atoms with van der Waals surface area (Å²) in [4.78, 5) is 5.46. The van der Waals surface area contributed by atoms with E-state index in [0.717, 1.165) is 0 Å². The molecule has 4 fully saturated rings. The smallest absolute Gasteiger partial charge is 0.195 e. The Labute approximate surface area is 67.2 Å². The minimum atomic E-state index is 1.32. The van der Waals surface area contributed by atoms with Crippen LogP contribution >= 0.6 is 0 Å². The number of quaternary nitrogens is 4. The van der Waals surface area contributed by atoms with Gasteiger partial charge in [0, 0.05) is 0 Å². The summed E-state index contributed by atoms with van der Waals surface area (Å²) in [5.41, 5.74) is 0. The second-order valence-electron chi connectivity index (χ2n) is 4.87. The molecule has 0 aromatic carbocycles. The lowest BCUT2D eigenvalue weighted by atomic mass is 10.3. The number of nitrogens with zero attached hydrogens (tertiary/aromatic N) is 1. The molecule has 4 bridgehead atoms. The average molecular weight is 158 g/mol. The first-order valence-corrected chi connectivity index (χ1v) is 4.58. The molecule has 0 aromatic heterocycles. The van der Waals surface area contributed by atoms with E-state index in [-0.39, 0.29) is 0 Å². The van der Waals surface area contributed by atoms with Crippen LogP contribution in [0, 0.1) is 0 Å². The van der Waals surface area contributed by atoms with Gasteiger partial charge in [0.15, 0.2) is 0 Å². The lowest BCUT2D eigenvalue weighted by Gasteiger charge is -2.51. The monoisotopic (exact) mass is 158 g/mol. The molecule has 4 rings (SSSR count). The molecule has 11 heavy (non-hydrogen) atoms. The Hall–Kier alpha value is -0.160. The Morgan fingerprint density at radius 2 is 1.18 bits per heavy atom. The van der Waals surface area contributed by atoms with E-state index in [2.05, 4.69) is 7.05 Å². The van der Waals surface area contributed by atoms with Gasteiger partial charge in [0.2, 0.25) is 40.0 Å². The fourth-order valence-corrected chi connectivity index (χ4v) is 3.37. The van der Waals surface area contributed by atoms with Crippen LogP contribution in [0.25, 0.3) is 0 Å². The highest BCUT2D eigenvalue weighted by molar-refractivity contribution is 4.27. The molecule has 0 unspecified atom stereocenters. The number of hydrogen-bond donors (Lipinski definition) is 3. The van der Waals surface area contributed by atoms with Gasteiger partial charge in [-0.05, 0) is 0 Å². The van der Waals surface area contributed by atoms with Gasteiger partial charge in [-0.15, -0.1) is 0 Å². The molecule has 62 valence electrons. The van der Waals surface area contributed by atoms with E-state index in [4.69, 9.17) is 0 Å². The van der Waals surface area contributed by atoms with Gasteiger partial charge in [-0.25, -0.2) is 0 Å². The van der Waals surface area contributed by atoms with Gasteiger partial charge in [0.05, 0.1) is 7.05 Å². The second-order valence-corrected chi connectivity index (χ2v) is 4.87. The van der Waals surface area contributed by atoms with E-state index in [9.17, 15) is 0 Å². The summed E-state index contributed by atoms with van der Waals surface area (Å²) in [6.45, 7) is 8.30. The van der Waals surface area contributed by atoms with Crippen LogP contribution in [0.4, 0.5) is 0 Å². The van der Waals surface area contributed by atoms with Crippen LogP contribution in [0.15, 0.2) is 0 Å². The summed E-state index contributed by atoms with van der Waals surface area (Å²) in [7, 11) is 2.41. The molecule has 4 nitrogen and oxygen atoms in total. The van der Waals surface area contributed by atoms with Crippen LogP contribution in [0.2, 0.25) is 0 Å². The van der Waals surface area contributed by atoms with Crippen molar-refractivity contribution in [3.63, 3.8) is 0 Å². The zero-order chi connectivity index (χ0) is 7.47. The maximum atomic E-state index is 2.41. The van der Waals surface area contributed by atoms with Crippen LogP contribution in [-0.2, 0) is 0 Å². The van der Waals surface area contributed by atoms with Crippen LogP contribution in [0.3, 0.4) is 0 Å². The standard InChI is InChI=1S/C7H15N4/c1-11-5-8-2-9(6-11)4-10(3-8)7-11/h2-7H2,1H3/q+1/p+3. The third-order valence-electron chi connectivity index (χ3n) is 3.32. The molecule has 4 aliphatic heterocycles. The van der Waals surface area contributed by atoms with Gasteiger partial charge in [0.1, 0.15) is 0 Å². The first-order chi connectivity index (χ1) is 5.23. The molecule has 0 spiro atoms. The summed E-state index contributed by atoms with van der Waals surface area (Å²) in [6.07, 6.45) is 0.